The lowest BCUT2D eigenvalue weighted by Crippen LogP contribution is -2.41. The summed E-state index contributed by atoms with van der Waals surface area (Å²) in [6, 6.07) is 10.9. The summed E-state index contributed by atoms with van der Waals surface area (Å²) in [5.41, 5.74) is 0.141. The summed E-state index contributed by atoms with van der Waals surface area (Å²) < 4.78 is 11.1. The van der Waals surface area contributed by atoms with Crippen LogP contribution in [0.2, 0.25) is 5.02 Å². The molecular formula is C16H15Cl2N3O2. The van der Waals surface area contributed by atoms with E-state index in [1.54, 1.807) is 18.4 Å². The highest BCUT2D eigenvalue weighted by Gasteiger charge is 2.32. The van der Waals surface area contributed by atoms with Crippen molar-refractivity contribution in [2.45, 2.75) is 19.0 Å². The second kappa shape index (κ2) is 6.74. The maximum Gasteiger partial charge on any atom is 0.247 e. The van der Waals surface area contributed by atoms with Crippen molar-refractivity contribution in [1.29, 1.82) is 0 Å². The van der Waals surface area contributed by atoms with Crippen LogP contribution in [0.3, 0.4) is 0 Å². The van der Waals surface area contributed by atoms with Gasteiger partial charge in [-0.3, -0.25) is 5.32 Å². The van der Waals surface area contributed by atoms with Crippen molar-refractivity contribution in [3.05, 3.63) is 59.3 Å². The van der Waals surface area contributed by atoms with Crippen molar-refractivity contribution in [2.24, 2.45) is 0 Å². The zero-order valence-electron chi connectivity index (χ0n) is 12.4. The van der Waals surface area contributed by atoms with E-state index in [0.29, 0.717) is 23.3 Å². The van der Waals surface area contributed by atoms with Gasteiger partial charge in [-0.15, -0.1) is 21.8 Å². The maximum absolute atomic E-state index is 6.12. The lowest BCUT2D eigenvalue weighted by atomic mass is 10.1. The summed E-state index contributed by atoms with van der Waals surface area (Å²) >= 11 is 12.0. The van der Waals surface area contributed by atoms with Gasteiger partial charge in [0.2, 0.25) is 11.8 Å². The predicted molar refractivity (Wildman–Crippen MR) is 88.4 cm³/mol. The Labute approximate surface area is 143 Å². The normalized spacial score (nSPS) is 13.9. The van der Waals surface area contributed by atoms with Gasteiger partial charge in [-0.05, 0) is 43.3 Å². The molecule has 3 rings (SSSR count). The SMILES string of the molecule is CC(CCl)(NCc1ccco1)c1nnc(-c2ccc(Cl)cc2)o1. The first-order valence-electron chi connectivity index (χ1n) is 7.04. The number of benzene rings is 1. The van der Waals surface area contributed by atoms with Crippen LogP contribution in [0.1, 0.15) is 18.6 Å². The average Bonchev–Trinajstić information content (AvgIpc) is 3.25. The molecule has 120 valence electrons. The second-order valence-electron chi connectivity index (χ2n) is 5.32. The monoisotopic (exact) mass is 351 g/mol. The zero-order chi connectivity index (χ0) is 16.3. The smallest absolute Gasteiger partial charge is 0.247 e. The highest BCUT2D eigenvalue weighted by Crippen LogP contribution is 2.26. The molecule has 2 aromatic heterocycles. The topological polar surface area (TPSA) is 64.1 Å². The van der Waals surface area contributed by atoms with Gasteiger partial charge >= 0.3 is 0 Å². The number of nitrogens with zero attached hydrogens (tertiary/aromatic N) is 2. The molecule has 5 nitrogen and oxygen atoms in total. The number of rotatable bonds is 6. The molecule has 0 saturated heterocycles. The minimum absolute atomic E-state index is 0.274. The molecule has 0 bridgehead atoms. The van der Waals surface area contributed by atoms with E-state index < -0.39 is 5.54 Å². The van der Waals surface area contributed by atoms with Crippen molar-refractivity contribution in [1.82, 2.24) is 15.5 Å². The number of hydrogen-bond donors (Lipinski definition) is 1. The molecule has 0 amide bonds. The lowest BCUT2D eigenvalue weighted by Gasteiger charge is -2.23. The molecule has 0 aliphatic heterocycles. The van der Waals surface area contributed by atoms with Crippen LogP contribution in [0, 0.1) is 0 Å². The lowest BCUT2D eigenvalue weighted by molar-refractivity contribution is 0.301. The molecule has 1 unspecified atom stereocenters. The fourth-order valence-electron chi connectivity index (χ4n) is 2.03. The molecule has 1 N–H and O–H groups in total. The summed E-state index contributed by atoms with van der Waals surface area (Å²) in [4.78, 5) is 0. The minimum Gasteiger partial charge on any atom is -0.468 e. The molecule has 1 atom stereocenters. The molecular weight excluding hydrogens is 337 g/mol. The van der Waals surface area contributed by atoms with Gasteiger partial charge in [0.15, 0.2) is 0 Å². The first kappa shape index (κ1) is 16.1. The Morgan fingerprint density at radius 1 is 1.17 bits per heavy atom. The molecule has 0 aliphatic rings. The Morgan fingerprint density at radius 2 is 1.96 bits per heavy atom. The van der Waals surface area contributed by atoms with E-state index in [1.165, 1.54) is 0 Å². The second-order valence-corrected chi connectivity index (χ2v) is 6.02. The standard InChI is InChI=1S/C16H15Cl2N3O2/c1-16(10-17,19-9-13-3-2-8-22-13)15-21-20-14(23-15)11-4-6-12(18)7-5-11/h2-8,19H,9-10H2,1H3. The van der Waals surface area contributed by atoms with Crippen LogP contribution >= 0.6 is 23.2 Å². The summed E-state index contributed by atoms with van der Waals surface area (Å²) in [6.45, 7) is 2.41. The third-order valence-electron chi connectivity index (χ3n) is 3.49. The first-order valence-corrected chi connectivity index (χ1v) is 7.95. The van der Waals surface area contributed by atoms with Crippen molar-refractivity contribution in [3.63, 3.8) is 0 Å². The summed E-state index contributed by atoms with van der Waals surface area (Å²) in [6.07, 6.45) is 1.63. The molecule has 23 heavy (non-hydrogen) atoms. The van der Waals surface area contributed by atoms with Crippen molar-refractivity contribution < 1.29 is 8.83 Å². The molecule has 7 heteroatoms. The summed E-state index contributed by atoms with van der Waals surface area (Å²) in [7, 11) is 0. The van der Waals surface area contributed by atoms with Crippen molar-refractivity contribution in [2.75, 3.05) is 5.88 Å². The maximum atomic E-state index is 6.12. The van der Waals surface area contributed by atoms with E-state index in [4.69, 9.17) is 32.0 Å². The predicted octanol–water partition coefficient (Wildman–Crippen LogP) is 4.23. The summed E-state index contributed by atoms with van der Waals surface area (Å²) in [5.74, 6) is 1.92. The highest BCUT2D eigenvalue weighted by molar-refractivity contribution is 6.30. The van der Waals surface area contributed by atoms with E-state index >= 15 is 0 Å². The van der Waals surface area contributed by atoms with Gasteiger partial charge in [0.1, 0.15) is 11.3 Å². The van der Waals surface area contributed by atoms with Crippen LogP contribution in [0.5, 0.6) is 0 Å². The zero-order valence-corrected chi connectivity index (χ0v) is 13.9. The number of furan rings is 1. The Morgan fingerprint density at radius 3 is 2.61 bits per heavy atom. The van der Waals surface area contributed by atoms with Crippen LogP contribution in [0.15, 0.2) is 51.5 Å². The van der Waals surface area contributed by atoms with E-state index in [2.05, 4.69) is 15.5 Å². The third kappa shape index (κ3) is 3.58. The molecule has 0 saturated carbocycles. The first-order chi connectivity index (χ1) is 11.1. The van der Waals surface area contributed by atoms with Gasteiger partial charge in [0, 0.05) is 16.5 Å². The number of nitrogens with one attached hydrogen (secondary N) is 1. The van der Waals surface area contributed by atoms with Gasteiger partial charge in [-0.2, -0.15) is 0 Å². The third-order valence-corrected chi connectivity index (χ3v) is 4.27. The van der Waals surface area contributed by atoms with E-state index in [9.17, 15) is 0 Å². The largest absolute Gasteiger partial charge is 0.468 e. The Bertz CT molecular complexity index is 756. The van der Waals surface area contributed by atoms with E-state index in [0.717, 1.165) is 11.3 Å². The molecule has 0 spiro atoms. The van der Waals surface area contributed by atoms with Gasteiger partial charge < -0.3 is 8.83 Å². The van der Waals surface area contributed by atoms with Gasteiger partial charge in [-0.25, -0.2) is 0 Å². The minimum atomic E-state index is -0.661. The Kier molecular flexibility index (Phi) is 4.71. The number of halogens is 2. The van der Waals surface area contributed by atoms with Crippen LogP contribution in [-0.4, -0.2) is 16.1 Å². The average molecular weight is 352 g/mol. The van der Waals surface area contributed by atoms with Crippen LogP contribution in [-0.2, 0) is 12.1 Å². The van der Waals surface area contributed by atoms with Crippen LogP contribution in [0.4, 0.5) is 0 Å². The van der Waals surface area contributed by atoms with Crippen molar-refractivity contribution >= 4 is 23.2 Å². The number of alkyl halides is 1. The molecule has 0 radical (unpaired) electrons. The summed E-state index contributed by atoms with van der Waals surface area (Å²) in [5, 5.41) is 12.2. The number of hydrogen-bond acceptors (Lipinski definition) is 5. The van der Waals surface area contributed by atoms with Gasteiger partial charge in [0.25, 0.3) is 0 Å². The molecule has 1 aromatic carbocycles. The fraction of sp³-hybridized carbons (Fsp3) is 0.250. The quantitative estimate of drug-likeness (QED) is 0.673. The van der Waals surface area contributed by atoms with Crippen LogP contribution < -0.4 is 5.32 Å². The molecule has 2 heterocycles. The number of aromatic nitrogens is 2. The Balaban J connectivity index is 1.79. The highest BCUT2D eigenvalue weighted by atomic mass is 35.5. The molecule has 0 aliphatic carbocycles. The molecule has 3 aromatic rings. The Hall–Kier alpha value is -1.82. The fourth-order valence-corrected chi connectivity index (χ4v) is 2.37. The van der Waals surface area contributed by atoms with Crippen LogP contribution in [0.25, 0.3) is 11.5 Å². The van der Waals surface area contributed by atoms with Crippen molar-refractivity contribution in [3.8, 4) is 11.5 Å². The van der Waals surface area contributed by atoms with Gasteiger partial charge in [0.05, 0.1) is 12.8 Å². The van der Waals surface area contributed by atoms with Gasteiger partial charge in [-0.1, -0.05) is 11.6 Å². The molecule has 0 fully saturated rings. The van der Waals surface area contributed by atoms with E-state index in [-0.39, 0.29) is 5.88 Å². The van der Waals surface area contributed by atoms with E-state index in [1.807, 2.05) is 31.2 Å².